The van der Waals surface area contributed by atoms with E-state index in [1.165, 1.54) is 11.3 Å². The van der Waals surface area contributed by atoms with E-state index >= 15 is 0 Å². The van der Waals surface area contributed by atoms with E-state index < -0.39 is 5.97 Å². The quantitative estimate of drug-likeness (QED) is 0.760. The molecule has 1 aliphatic rings. The number of carboxylic acids is 1. The molecule has 2 aromatic carbocycles. The molecule has 1 unspecified atom stereocenters. The van der Waals surface area contributed by atoms with Gasteiger partial charge in [-0.15, -0.1) is 0 Å². The molecular formula is C22H28N2O2. The standard InChI is InChI=1S/C22H28N2O2/c25-22(26)12-11-20(17-18-7-3-1-4-8-18)23-19-13-15-24(16-14-19)21-9-5-2-6-10-21/h1-10,19-20,23H,11-17H2,(H,25,26). The van der Waals surface area contributed by atoms with Crippen LogP contribution < -0.4 is 10.2 Å². The summed E-state index contributed by atoms with van der Waals surface area (Å²) in [6.07, 6.45) is 3.95. The molecule has 0 aliphatic carbocycles. The predicted octanol–water partition coefficient (Wildman–Crippen LogP) is 3.72. The van der Waals surface area contributed by atoms with Crippen molar-refractivity contribution < 1.29 is 9.90 Å². The van der Waals surface area contributed by atoms with Gasteiger partial charge in [0, 0.05) is 37.3 Å². The van der Waals surface area contributed by atoms with E-state index in [0.717, 1.165) is 32.4 Å². The Morgan fingerprint density at radius 1 is 1.04 bits per heavy atom. The van der Waals surface area contributed by atoms with Gasteiger partial charge in [-0.3, -0.25) is 4.79 Å². The first-order chi connectivity index (χ1) is 12.7. The van der Waals surface area contributed by atoms with Crippen LogP contribution in [-0.2, 0) is 11.2 Å². The van der Waals surface area contributed by atoms with Crippen molar-refractivity contribution in [1.82, 2.24) is 5.32 Å². The van der Waals surface area contributed by atoms with Crippen LogP contribution in [0, 0.1) is 0 Å². The Labute approximate surface area is 155 Å². The number of benzene rings is 2. The largest absolute Gasteiger partial charge is 0.481 e. The van der Waals surface area contributed by atoms with Gasteiger partial charge in [0.2, 0.25) is 0 Å². The number of piperidine rings is 1. The number of aliphatic carboxylic acids is 1. The average molecular weight is 352 g/mol. The molecule has 3 rings (SSSR count). The van der Waals surface area contributed by atoms with Crippen molar-refractivity contribution in [3.05, 3.63) is 66.2 Å². The zero-order valence-electron chi connectivity index (χ0n) is 15.2. The molecule has 0 spiro atoms. The molecule has 2 aromatic rings. The first-order valence-electron chi connectivity index (χ1n) is 9.52. The summed E-state index contributed by atoms with van der Waals surface area (Å²) in [4.78, 5) is 13.4. The van der Waals surface area contributed by atoms with Crippen LogP contribution in [0.25, 0.3) is 0 Å². The van der Waals surface area contributed by atoms with Gasteiger partial charge in [-0.05, 0) is 43.4 Å². The molecular weight excluding hydrogens is 324 g/mol. The fourth-order valence-corrected chi connectivity index (χ4v) is 3.72. The zero-order valence-corrected chi connectivity index (χ0v) is 15.2. The SMILES string of the molecule is O=C(O)CCC(Cc1ccccc1)NC1CCN(c2ccccc2)CC1. The lowest BCUT2D eigenvalue weighted by Gasteiger charge is -2.36. The van der Waals surface area contributed by atoms with Gasteiger partial charge in [-0.1, -0.05) is 48.5 Å². The molecule has 1 aliphatic heterocycles. The molecule has 0 radical (unpaired) electrons. The fourth-order valence-electron chi connectivity index (χ4n) is 3.72. The maximum absolute atomic E-state index is 11.0. The Morgan fingerprint density at radius 2 is 1.65 bits per heavy atom. The molecule has 0 bridgehead atoms. The van der Waals surface area contributed by atoms with Crippen LogP contribution in [0.1, 0.15) is 31.2 Å². The Kier molecular flexibility index (Phi) is 6.67. The number of nitrogens with one attached hydrogen (secondary N) is 1. The number of carbonyl (C=O) groups is 1. The molecule has 138 valence electrons. The number of nitrogens with zero attached hydrogens (tertiary/aromatic N) is 1. The van der Waals surface area contributed by atoms with Crippen molar-refractivity contribution >= 4 is 11.7 Å². The van der Waals surface area contributed by atoms with E-state index in [4.69, 9.17) is 5.11 Å². The van der Waals surface area contributed by atoms with E-state index in [0.29, 0.717) is 12.5 Å². The number of rotatable bonds is 8. The van der Waals surface area contributed by atoms with E-state index in [2.05, 4.69) is 52.7 Å². The topological polar surface area (TPSA) is 52.6 Å². The number of para-hydroxylation sites is 1. The van der Waals surface area contributed by atoms with Gasteiger partial charge in [-0.2, -0.15) is 0 Å². The minimum atomic E-state index is -0.719. The highest BCUT2D eigenvalue weighted by atomic mass is 16.4. The summed E-state index contributed by atoms with van der Waals surface area (Å²) in [7, 11) is 0. The molecule has 4 heteroatoms. The van der Waals surface area contributed by atoms with Gasteiger partial charge in [0.15, 0.2) is 0 Å². The second kappa shape index (κ2) is 9.39. The Balaban J connectivity index is 1.54. The van der Waals surface area contributed by atoms with E-state index in [9.17, 15) is 4.79 Å². The lowest BCUT2D eigenvalue weighted by atomic mass is 9.97. The highest BCUT2D eigenvalue weighted by molar-refractivity contribution is 5.66. The number of anilines is 1. The van der Waals surface area contributed by atoms with Crippen molar-refractivity contribution in [2.75, 3.05) is 18.0 Å². The third kappa shape index (κ3) is 5.60. The van der Waals surface area contributed by atoms with Crippen LogP contribution in [0.15, 0.2) is 60.7 Å². The molecule has 2 N–H and O–H groups in total. The third-order valence-electron chi connectivity index (χ3n) is 5.12. The number of hydrogen-bond acceptors (Lipinski definition) is 3. The van der Waals surface area contributed by atoms with E-state index in [1.807, 2.05) is 18.2 Å². The second-order valence-electron chi connectivity index (χ2n) is 7.08. The van der Waals surface area contributed by atoms with Gasteiger partial charge < -0.3 is 15.3 Å². The summed E-state index contributed by atoms with van der Waals surface area (Å²) < 4.78 is 0. The van der Waals surface area contributed by atoms with Gasteiger partial charge in [0.25, 0.3) is 0 Å². The monoisotopic (exact) mass is 352 g/mol. The smallest absolute Gasteiger partial charge is 0.303 e. The van der Waals surface area contributed by atoms with Crippen LogP contribution in [0.4, 0.5) is 5.69 Å². The molecule has 0 saturated carbocycles. The average Bonchev–Trinajstić information content (AvgIpc) is 2.68. The predicted molar refractivity (Wildman–Crippen MR) is 106 cm³/mol. The van der Waals surface area contributed by atoms with Crippen LogP contribution in [-0.4, -0.2) is 36.2 Å². The Bertz CT molecular complexity index is 667. The highest BCUT2D eigenvalue weighted by Crippen LogP contribution is 2.20. The molecule has 4 nitrogen and oxygen atoms in total. The lowest BCUT2D eigenvalue weighted by molar-refractivity contribution is -0.137. The summed E-state index contributed by atoms with van der Waals surface area (Å²) in [6, 6.07) is 21.6. The summed E-state index contributed by atoms with van der Waals surface area (Å²) in [5, 5.41) is 12.8. The molecule has 26 heavy (non-hydrogen) atoms. The van der Waals surface area contributed by atoms with Crippen LogP contribution in [0.2, 0.25) is 0 Å². The first kappa shape index (κ1) is 18.5. The fraction of sp³-hybridized carbons (Fsp3) is 0.409. The Morgan fingerprint density at radius 3 is 2.27 bits per heavy atom. The molecule has 1 saturated heterocycles. The van der Waals surface area contributed by atoms with Crippen molar-refractivity contribution in [2.45, 2.75) is 44.2 Å². The Hall–Kier alpha value is -2.33. The summed E-state index contributed by atoms with van der Waals surface area (Å²) in [5.41, 5.74) is 2.55. The zero-order chi connectivity index (χ0) is 18.2. The van der Waals surface area contributed by atoms with Crippen LogP contribution >= 0.6 is 0 Å². The van der Waals surface area contributed by atoms with Crippen molar-refractivity contribution in [3.63, 3.8) is 0 Å². The molecule has 0 aromatic heterocycles. The third-order valence-corrected chi connectivity index (χ3v) is 5.12. The van der Waals surface area contributed by atoms with Crippen molar-refractivity contribution in [3.8, 4) is 0 Å². The lowest BCUT2D eigenvalue weighted by Crippen LogP contribution is -2.47. The molecule has 0 amide bonds. The molecule has 1 fully saturated rings. The van der Waals surface area contributed by atoms with Gasteiger partial charge in [0.05, 0.1) is 0 Å². The second-order valence-corrected chi connectivity index (χ2v) is 7.08. The number of hydrogen-bond donors (Lipinski definition) is 2. The molecule has 1 atom stereocenters. The summed E-state index contributed by atoms with van der Waals surface area (Å²) >= 11 is 0. The van der Waals surface area contributed by atoms with Gasteiger partial charge in [0.1, 0.15) is 0 Å². The van der Waals surface area contributed by atoms with Gasteiger partial charge in [-0.25, -0.2) is 0 Å². The molecule has 1 heterocycles. The summed E-state index contributed by atoms with van der Waals surface area (Å²) in [6.45, 7) is 2.08. The normalized spacial score (nSPS) is 16.4. The maximum atomic E-state index is 11.0. The van der Waals surface area contributed by atoms with Crippen molar-refractivity contribution in [1.29, 1.82) is 0 Å². The van der Waals surface area contributed by atoms with E-state index in [1.54, 1.807) is 0 Å². The first-order valence-corrected chi connectivity index (χ1v) is 9.52. The summed E-state index contributed by atoms with van der Waals surface area (Å²) in [5.74, 6) is -0.719. The van der Waals surface area contributed by atoms with Crippen LogP contribution in [0.3, 0.4) is 0 Å². The number of carboxylic acid groups (broad SMARTS) is 1. The van der Waals surface area contributed by atoms with Crippen molar-refractivity contribution in [2.24, 2.45) is 0 Å². The van der Waals surface area contributed by atoms with Crippen LogP contribution in [0.5, 0.6) is 0 Å². The minimum Gasteiger partial charge on any atom is -0.481 e. The highest BCUT2D eigenvalue weighted by Gasteiger charge is 2.22. The maximum Gasteiger partial charge on any atom is 0.303 e. The van der Waals surface area contributed by atoms with Gasteiger partial charge >= 0.3 is 5.97 Å². The minimum absolute atomic E-state index is 0.210. The van der Waals surface area contributed by atoms with E-state index in [-0.39, 0.29) is 12.5 Å².